The third-order valence-corrected chi connectivity index (χ3v) is 4.32. The zero-order valence-corrected chi connectivity index (χ0v) is 15.1. The summed E-state index contributed by atoms with van der Waals surface area (Å²) in [7, 11) is 0. The normalized spacial score (nSPS) is 17.9. The first-order valence-electron chi connectivity index (χ1n) is 7.23. The lowest BCUT2D eigenvalue weighted by Crippen LogP contribution is -2.58. The number of carbonyl (C=O) groups is 2. The van der Waals surface area contributed by atoms with Crippen molar-refractivity contribution in [3.8, 4) is 5.75 Å². The zero-order valence-electron chi connectivity index (χ0n) is 12.7. The Labute approximate surface area is 157 Å². The Morgan fingerprint density at radius 3 is 2.40 bits per heavy atom. The third-order valence-electron chi connectivity index (χ3n) is 3.51. The number of aliphatic imine (C=N–C) groups is 1. The van der Waals surface area contributed by atoms with E-state index in [0.717, 1.165) is 4.47 Å². The molecule has 1 fully saturated rings. The maximum absolute atomic E-state index is 12.7. The molecule has 2 aromatic rings. The molecule has 1 saturated heterocycles. The van der Waals surface area contributed by atoms with Gasteiger partial charge in [0.15, 0.2) is 11.0 Å². The fourth-order valence-corrected chi connectivity index (χ4v) is 2.82. The summed E-state index contributed by atoms with van der Waals surface area (Å²) in [4.78, 5) is 30.3. The monoisotopic (exact) mass is 417 g/mol. The number of phenolic OH excluding ortho intramolecular Hbond substituents is 1. The van der Waals surface area contributed by atoms with Crippen LogP contribution in [0.3, 0.4) is 0 Å². The molecule has 126 valence electrons. The average Bonchev–Trinajstić information content (AvgIpc) is 2.57. The van der Waals surface area contributed by atoms with E-state index in [-0.39, 0.29) is 10.9 Å². The molecule has 1 atom stereocenters. The van der Waals surface area contributed by atoms with Crippen LogP contribution in [-0.4, -0.2) is 28.2 Å². The first-order valence-corrected chi connectivity index (χ1v) is 8.43. The third kappa shape index (κ3) is 3.75. The molecule has 1 aliphatic rings. The average molecular weight is 418 g/mol. The molecule has 1 aliphatic heterocycles. The van der Waals surface area contributed by atoms with Crippen molar-refractivity contribution in [2.75, 3.05) is 4.90 Å². The highest BCUT2D eigenvalue weighted by molar-refractivity contribution is 9.10. The van der Waals surface area contributed by atoms with Crippen LogP contribution in [0.15, 0.2) is 58.0 Å². The number of hydrogen-bond donors (Lipinski definition) is 2. The lowest BCUT2D eigenvalue weighted by molar-refractivity contribution is -0.130. The summed E-state index contributed by atoms with van der Waals surface area (Å²) in [5.74, 6) is -1.98. The van der Waals surface area contributed by atoms with E-state index in [9.17, 15) is 14.7 Å². The number of nitrogens with zero attached hydrogens (tertiary/aromatic N) is 2. The summed E-state index contributed by atoms with van der Waals surface area (Å²) >= 11 is 8.46. The predicted octanol–water partition coefficient (Wildman–Crippen LogP) is 2.92. The second kappa shape index (κ2) is 7.12. The number of phenols is 1. The number of aromatic hydroxyl groups is 1. The minimum atomic E-state index is -1.09. The van der Waals surface area contributed by atoms with E-state index in [2.05, 4.69) is 26.2 Å². The van der Waals surface area contributed by atoms with Crippen LogP contribution in [0.5, 0.6) is 5.75 Å². The molecule has 8 heteroatoms. The number of anilines is 1. The molecule has 6 nitrogen and oxygen atoms in total. The van der Waals surface area contributed by atoms with Crippen LogP contribution >= 0.6 is 28.1 Å². The van der Waals surface area contributed by atoms with Gasteiger partial charge in [-0.05, 0) is 60.7 Å². The molecule has 0 bridgehead atoms. The van der Waals surface area contributed by atoms with Crippen LogP contribution in [0.4, 0.5) is 11.4 Å². The number of benzene rings is 2. The smallest absolute Gasteiger partial charge is 0.251 e. The molecule has 2 N–H and O–H groups in total. The van der Waals surface area contributed by atoms with Crippen LogP contribution < -0.4 is 10.2 Å². The summed E-state index contributed by atoms with van der Waals surface area (Å²) in [5, 5.41) is 11.8. The molecule has 2 amide bonds. The molecule has 0 aliphatic carbocycles. The molecule has 0 unspecified atom stereocenters. The molecule has 0 saturated carbocycles. The number of rotatable bonds is 3. The molecule has 1 heterocycles. The summed E-state index contributed by atoms with van der Waals surface area (Å²) in [6, 6.07) is 13.1. The number of amides is 2. The summed E-state index contributed by atoms with van der Waals surface area (Å²) < 4.78 is 0.862. The maximum Gasteiger partial charge on any atom is 0.251 e. The maximum atomic E-state index is 12.7. The lowest BCUT2D eigenvalue weighted by Gasteiger charge is -2.30. The second-order valence-corrected chi connectivity index (χ2v) is 6.52. The van der Waals surface area contributed by atoms with Gasteiger partial charge in [0.2, 0.25) is 5.91 Å². The van der Waals surface area contributed by atoms with Gasteiger partial charge in [-0.15, -0.1) is 0 Å². The molecule has 0 aromatic heterocycles. The summed E-state index contributed by atoms with van der Waals surface area (Å²) in [6.45, 7) is 0. The van der Waals surface area contributed by atoms with E-state index in [4.69, 9.17) is 12.2 Å². The molecule has 0 radical (unpaired) electrons. The molecule has 3 rings (SSSR count). The van der Waals surface area contributed by atoms with Crippen LogP contribution in [-0.2, 0) is 9.59 Å². The van der Waals surface area contributed by atoms with Gasteiger partial charge in [0.05, 0.1) is 11.4 Å². The van der Waals surface area contributed by atoms with E-state index in [1.807, 2.05) is 0 Å². The van der Waals surface area contributed by atoms with Gasteiger partial charge in [-0.3, -0.25) is 19.5 Å². The summed E-state index contributed by atoms with van der Waals surface area (Å²) in [6.07, 6.45) is 1.28. The predicted molar refractivity (Wildman–Crippen MR) is 102 cm³/mol. The van der Waals surface area contributed by atoms with Crippen molar-refractivity contribution in [3.63, 3.8) is 0 Å². The first-order chi connectivity index (χ1) is 12.0. The van der Waals surface area contributed by atoms with Crippen molar-refractivity contribution in [1.82, 2.24) is 5.32 Å². The van der Waals surface area contributed by atoms with Crippen molar-refractivity contribution < 1.29 is 14.7 Å². The van der Waals surface area contributed by atoms with Crippen LogP contribution in [0, 0.1) is 5.92 Å². The number of thiocarbonyl (C=S) groups is 1. The van der Waals surface area contributed by atoms with Crippen molar-refractivity contribution in [1.29, 1.82) is 0 Å². The van der Waals surface area contributed by atoms with Crippen molar-refractivity contribution >= 4 is 62.7 Å². The molecule has 25 heavy (non-hydrogen) atoms. The number of carbonyl (C=O) groups excluding carboxylic acids is 2. The molecular weight excluding hydrogens is 406 g/mol. The van der Waals surface area contributed by atoms with E-state index in [1.54, 1.807) is 36.4 Å². The number of halogens is 1. The van der Waals surface area contributed by atoms with Crippen molar-refractivity contribution in [2.24, 2.45) is 10.9 Å². The Balaban J connectivity index is 1.87. The van der Waals surface area contributed by atoms with Gasteiger partial charge in [-0.1, -0.05) is 15.9 Å². The Kier molecular flexibility index (Phi) is 4.91. The van der Waals surface area contributed by atoms with Crippen LogP contribution in [0.1, 0.15) is 0 Å². The highest BCUT2D eigenvalue weighted by atomic mass is 79.9. The first kappa shape index (κ1) is 17.2. The van der Waals surface area contributed by atoms with Gasteiger partial charge < -0.3 is 10.4 Å². The van der Waals surface area contributed by atoms with Gasteiger partial charge in [0, 0.05) is 10.7 Å². The van der Waals surface area contributed by atoms with E-state index < -0.39 is 17.7 Å². The molecule has 2 aromatic carbocycles. The van der Waals surface area contributed by atoms with Crippen molar-refractivity contribution in [2.45, 2.75) is 0 Å². The van der Waals surface area contributed by atoms with E-state index in [0.29, 0.717) is 11.4 Å². The molecular formula is C17H12BrN3O3S. The fraction of sp³-hybridized carbons (Fsp3) is 0.0588. The largest absolute Gasteiger partial charge is 0.508 e. The highest BCUT2D eigenvalue weighted by Gasteiger charge is 2.38. The van der Waals surface area contributed by atoms with E-state index >= 15 is 0 Å². The molecule has 0 spiro atoms. The number of hydrogen-bond acceptors (Lipinski definition) is 5. The van der Waals surface area contributed by atoms with Gasteiger partial charge in [0.1, 0.15) is 5.75 Å². The van der Waals surface area contributed by atoms with Gasteiger partial charge in [0.25, 0.3) is 5.91 Å². The second-order valence-electron chi connectivity index (χ2n) is 5.22. The Morgan fingerprint density at radius 1 is 1.12 bits per heavy atom. The Bertz CT molecular complexity index is 866. The SMILES string of the molecule is O=C1NC(=S)N(c2ccc(Br)cc2)C(=O)[C@H]1C=Nc1ccc(O)cc1. The fourth-order valence-electron chi connectivity index (χ4n) is 2.26. The zero-order chi connectivity index (χ0) is 18.0. The Hall–Kier alpha value is -2.58. The highest BCUT2D eigenvalue weighted by Crippen LogP contribution is 2.23. The lowest BCUT2D eigenvalue weighted by atomic mass is 10.1. The van der Waals surface area contributed by atoms with Gasteiger partial charge in [-0.25, -0.2) is 0 Å². The van der Waals surface area contributed by atoms with Crippen LogP contribution in [0.25, 0.3) is 0 Å². The minimum Gasteiger partial charge on any atom is -0.508 e. The minimum absolute atomic E-state index is 0.0339. The topological polar surface area (TPSA) is 82.0 Å². The quantitative estimate of drug-likeness (QED) is 0.456. The van der Waals surface area contributed by atoms with E-state index in [1.165, 1.54) is 23.2 Å². The number of nitrogens with one attached hydrogen (secondary N) is 1. The van der Waals surface area contributed by atoms with Crippen molar-refractivity contribution in [3.05, 3.63) is 53.0 Å². The van der Waals surface area contributed by atoms with Crippen LogP contribution in [0.2, 0.25) is 0 Å². The standard InChI is InChI=1S/C17H12BrN3O3S/c18-10-1-5-12(6-2-10)21-16(24)14(15(23)20-17(21)25)9-19-11-3-7-13(22)8-4-11/h1-9,14,22H,(H,20,23,25)/t14-/m0/s1. The Morgan fingerprint density at radius 2 is 1.76 bits per heavy atom. The summed E-state index contributed by atoms with van der Waals surface area (Å²) in [5.41, 5.74) is 1.07. The van der Waals surface area contributed by atoms with Gasteiger partial charge >= 0.3 is 0 Å². The van der Waals surface area contributed by atoms with Gasteiger partial charge in [-0.2, -0.15) is 0 Å².